The van der Waals surface area contributed by atoms with Crippen LogP contribution in [0.5, 0.6) is 0 Å². The average molecular weight is 293 g/mol. The average Bonchev–Trinajstić information content (AvgIpc) is 2.43. The minimum Gasteiger partial charge on any atom is -0.383 e. The zero-order valence-electron chi connectivity index (χ0n) is 13.8. The van der Waals surface area contributed by atoms with Crippen LogP contribution in [0, 0.1) is 6.92 Å². The summed E-state index contributed by atoms with van der Waals surface area (Å²) < 4.78 is 5.01. The van der Waals surface area contributed by atoms with Gasteiger partial charge < -0.3 is 19.9 Å². The number of carbonyl (C=O) groups is 1. The number of benzene rings is 1. The van der Waals surface area contributed by atoms with Gasteiger partial charge in [0.1, 0.15) is 0 Å². The van der Waals surface area contributed by atoms with E-state index >= 15 is 0 Å². The maximum atomic E-state index is 11.8. The molecule has 0 saturated heterocycles. The van der Waals surface area contributed by atoms with E-state index in [4.69, 9.17) is 4.74 Å². The lowest BCUT2D eigenvalue weighted by Gasteiger charge is -2.23. The van der Waals surface area contributed by atoms with Crippen LogP contribution in [0.15, 0.2) is 18.2 Å². The van der Waals surface area contributed by atoms with Gasteiger partial charge in [-0.1, -0.05) is 12.1 Å². The molecule has 5 nitrogen and oxygen atoms in total. The molecule has 0 aliphatic rings. The van der Waals surface area contributed by atoms with Gasteiger partial charge in [0.05, 0.1) is 13.2 Å². The van der Waals surface area contributed by atoms with Crippen molar-refractivity contribution in [1.82, 2.24) is 10.2 Å². The molecule has 0 aliphatic heterocycles. The first-order valence-corrected chi connectivity index (χ1v) is 7.16. The highest BCUT2D eigenvalue weighted by molar-refractivity contribution is 5.81. The topological polar surface area (TPSA) is 44.8 Å². The molecule has 0 radical (unpaired) electrons. The molecule has 0 atom stereocenters. The summed E-state index contributed by atoms with van der Waals surface area (Å²) in [6.45, 7) is 4.84. The number of nitrogens with zero attached hydrogens (tertiary/aromatic N) is 2. The molecule has 0 aliphatic carbocycles. The number of carbonyl (C=O) groups excluding carboxylic acids is 1. The van der Waals surface area contributed by atoms with Crippen LogP contribution in [0.2, 0.25) is 0 Å². The third kappa shape index (κ3) is 5.73. The normalized spacial score (nSPS) is 10.5. The number of likely N-dealkylation sites (N-methyl/N-ethyl adjacent to an activating group) is 2. The van der Waals surface area contributed by atoms with Crippen LogP contribution in [-0.2, 0) is 16.1 Å². The monoisotopic (exact) mass is 293 g/mol. The van der Waals surface area contributed by atoms with Crippen molar-refractivity contribution in [2.24, 2.45) is 0 Å². The summed E-state index contributed by atoms with van der Waals surface area (Å²) in [7, 11) is 7.20. The van der Waals surface area contributed by atoms with E-state index in [1.54, 1.807) is 26.1 Å². The van der Waals surface area contributed by atoms with E-state index < -0.39 is 0 Å². The predicted octanol–water partition coefficient (Wildman–Crippen LogP) is 1.26. The first-order chi connectivity index (χ1) is 9.95. The van der Waals surface area contributed by atoms with Crippen molar-refractivity contribution in [3.63, 3.8) is 0 Å². The van der Waals surface area contributed by atoms with Crippen molar-refractivity contribution < 1.29 is 9.53 Å². The van der Waals surface area contributed by atoms with E-state index in [-0.39, 0.29) is 5.91 Å². The Labute approximate surface area is 127 Å². The summed E-state index contributed by atoms with van der Waals surface area (Å²) in [5.74, 6) is 0.0993. The maximum Gasteiger partial charge on any atom is 0.241 e. The van der Waals surface area contributed by atoms with Gasteiger partial charge in [0, 0.05) is 47.0 Å². The lowest BCUT2D eigenvalue weighted by Crippen LogP contribution is -2.34. The second kappa shape index (κ2) is 8.64. The lowest BCUT2D eigenvalue weighted by molar-refractivity contribution is -0.127. The van der Waals surface area contributed by atoms with Crippen molar-refractivity contribution in [3.8, 4) is 0 Å². The number of nitrogens with one attached hydrogen (secondary N) is 1. The fourth-order valence-electron chi connectivity index (χ4n) is 2.09. The zero-order valence-corrected chi connectivity index (χ0v) is 13.8. The first-order valence-electron chi connectivity index (χ1n) is 7.16. The number of rotatable bonds is 8. The number of amides is 1. The smallest absolute Gasteiger partial charge is 0.241 e. The Bertz CT molecular complexity index is 461. The molecule has 0 fully saturated rings. The second-order valence-electron chi connectivity index (χ2n) is 5.43. The number of methoxy groups -OCH3 is 1. The molecular formula is C16H27N3O2. The van der Waals surface area contributed by atoms with Gasteiger partial charge in [0.2, 0.25) is 5.91 Å². The highest BCUT2D eigenvalue weighted by atomic mass is 16.5. The predicted molar refractivity (Wildman–Crippen MR) is 86.7 cm³/mol. The van der Waals surface area contributed by atoms with Gasteiger partial charge in [-0.15, -0.1) is 0 Å². The Kier molecular flexibility index (Phi) is 7.19. The third-order valence-corrected chi connectivity index (χ3v) is 3.36. The second-order valence-corrected chi connectivity index (χ2v) is 5.43. The molecule has 1 aromatic carbocycles. The summed E-state index contributed by atoms with van der Waals surface area (Å²) in [5, 5.41) is 3.33. The minimum atomic E-state index is 0.0993. The van der Waals surface area contributed by atoms with Crippen LogP contribution in [-0.4, -0.2) is 58.8 Å². The van der Waals surface area contributed by atoms with Gasteiger partial charge >= 0.3 is 0 Å². The van der Waals surface area contributed by atoms with Crippen LogP contribution in [0.3, 0.4) is 0 Å². The van der Waals surface area contributed by atoms with Gasteiger partial charge in [0.15, 0.2) is 0 Å². The molecule has 5 heteroatoms. The molecule has 0 heterocycles. The SMILES string of the molecule is COCCNCc1ccc(N(C)CC(=O)N(C)C)c(C)c1. The Hall–Kier alpha value is -1.59. The number of hydrogen-bond donors (Lipinski definition) is 1. The van der Waals surface area contributed by atoms with E-state index in [1.807, 2.05) is 11.9 Å². The molecular weight excluding hydrogens is 266 g/mol. The van der Waals surface area contributed by atoms with Crippen molar-refractivity contribution in [2.75, 3.05) is 52.8 Å². The lowest BCUT2D eigenvalue weighted by atomic mass is 10.1. The molecule has 0 bridgehead atoms. The fourth-order valence-corrected chi connectivity index (χ4v) is 2.09. The highest BCUT2D eigenvalue weighted by Crippen LogP contribution is 2.20. The first kappa shape index (κ1) is 17.5. The number of hydrogen-bond acceptors (Lipinski definition) is 4. The number of aryl methyl sites for hydroxylation is 1. The summed E-state index contributed by atoms with van der Waals surface area (Å²) in [5.41, 5.74) is 3.50. The Morgan fingerprint density at radius 2 is 2.00 bits per heavy atom. The van der Waals surface area contributed by atoms with E-state index in [0.29, 0.717) is 13.2 Å². The van der Waals surface area contributed by atoms with Gasteiger partial charge in [-0.3, -0.25) is 4.79 Å². The molecule has 118 valence electrons. The quantitative estimate of drug-likeness (QED) is 0.733. The molecule has 21 heavy (non-hydrogen) atoms. The summed E-state index contributed by atoms with van der Waals surface area (Å²) in [4.78, 5) is 15.4. The van der Waals surface area contributed by atoms with Crippen molar-refractivity contribution >= 4 is 11.6 Å². The number of anilines is 1. The Morgan fingerprint density at radius 1 is 1.29 bits per heavy atom. The van der Waals surface area contributed by atoms with E-state index in [2.05, 4.69) is 30.4 Å². The van der Waals surface area contributed by atoms with Gasteiger partial charge in [-0.05, 0) is 24.1 Å². The molecule has 1 amide bonds. The van der Waals surface area contributed by atoms with E-state index in [9.17, 15) is 4.79 Å². The van der Waals surface area contributed by atoms with E-state index in [0.717, 1.165) is 18.8 Å². The molecule has 0 aromatic heterocycles. The van der Waals surface area contributed by atoms with E-state index in [1.165, 1.54) is 11.1 Å². The summed E-state index contributed by atoms with van der Waals surface area (Å²) in [6, 6.07) is 6.33. The Balaban J connectivity index is 2.62. The van der Waals surface area contributed by atoms with Gasteiger partial charge in [-0.25, -0.2) is 0 Å². The molecule has 1 rings (SSSR count). The van der Waals surface area contributed by atoms with Gasteiger partial charge in [0.25, 0.3) is 0 Å². The van der Waals surface area contributed by atoms with Crippen molar-refractivity contribution in [2.45, 2.75) is 13.5 Å². The van der Waals surface area contributed by atoms with Crippen LogP contribution in [0.4, 0.5) is 5.69 Å². The standard InChI is InChI=1S/C16H27N3O2/c1-13-10-14(11-17-8-9-21-5)6-7-15(13)19(4)12-16(20)18(2)3/h6-7,10,17H,8-9,11-12H2,1-5H3. The molecule has 1 N–H and O–H groups in total. The maximum absolute atomic E-state index is 11.8. The third-order valence-electron chi connectivity index (χ3n) is 3.36. The van der Waals surface area contributed by atoms with Crippen LogP contribution >= 0.6 is 0 Å². The highest BCUT2D eigenvalue weighted by Gasteiger charge is 2.11. The number of ether oxygens (including phenoxy) is 1. The largest absolute Gasteiger partial charge is 0.383 e. The molecule has 1 aromatic rings. The summed E-state index contributed by atoms with van der Waals surface area (Å²) >= 11 is 0. The Morgan fingerprint density at radius 3 is 2.57 bits per heavy atom. The van der Waals surface area contributed by atoms with Crippen molar-refractivity contribution in [1.29, 1.82) is 0 Å². The molecule has 0 unspecified atom stereocenters. The van der Waals surface area contributed by atoms with Crippen molar-refractivity contribution in [3.05, 3.63) is 29.3 Å². The molecule has 0 spiro atoms. The van der Waals surface area contributed by atoms with Crippen LogP contribution < -0.4 is 10.2 Å². The minimum absolute atomic E-state index is 0.0993. The fraction of sp³-hybridized carbons (Fsp3) is 0.562. The van der Waals surface area contributed by atoms with Crippen LogP contribution in [0.25, 0.3) is 0 Å². The summed E-state index contributed by atoms with van der Waals surface area (Å²) in [6.07, 6.45) is 0. The van der Waals surface area contributed by atoms with Gasteiger partial charge in [-0.2, -0.15) is 0 Å². The zero-order chi connectivity index (χ0) is 15.8. The molecule has 0 saturated carbocycles. The van der Waals surface area contributed by atoms with Crippen LogP contribution in [0.1, 0.15) is 11.1 Å².